The third-order valence-electron chi connectivity index (χ3n) is 4.34. The Hall–Kier alpha value is -0.900. The van der Waals surface area contributed by atoms with Gasteiger partial charge in [-0.3, -0.25) is 4.90 Å². The zero-order valence-corrected chi connectivity index (χ0v) is 11.8. The molecule has 2 bridgehead atoms. The van der Waals surface area contributed by atoms with Crippen molar-refractivity contribution in [3.05, 3.63) is 34.9 Å². The first-order valence-electron chi connectivity index (χ1n) is 7.25. The smallest absolute Gasteiger partial charge is 0.0919 e. The van der Waals surface area contributed by atoms with Crippen molar-refractivity contribution in [2.75, 3.05) is 19.6 Å². The maximum Gasteiger partial charge on any atom is 0.0919 e. The van der Waals surface area contributed by atoms with Crippen LogP contribution in [0.5, 0.6) is 0 Å². The highest BCUT2D eigenvalue weighted by Gasteiger charge is 2.34. The van der Waals surface area contributed by atoms with Crippen molar-refractivity contribution < 1.29 is 9.84 Å². The summed E-state index contributed by atoms with van der Waals surface area (Å²) in [7, 11) is 0. The van der Waals surface area contributed by atoms with Crippen LogP contribution in [0.3, 0.4) is 0 Å². The number of morpholine rings is 1. The molecule has 19 heavy (non-hydrogen) atoms. The minimum Gasteiger partial charge on any atom is -0.387 e. The Balaban J connectivity index is 1.67. The van der Waals surface area contributed by atoms with Gasteiger partial charge in [0.2, 0.25) is 0 Å². The highest BCUT2D eigenvalue weighted by atomic mass is 16.5. The van der Waals surface area contributed by atoms with Crippen molar-refractivity contribution >= 4 is 0 Å². The fourth-order valence-corrected chi connectivity index (χ4v) is 3.31. The molecule has 104 valence electrons. The summed E-state index contributed by atoms with van der Waals surface area (Å²) in [4.78, 5) is 2.36. The highest BCUT2D eigenvalue weighted by Crippen LogP contribution is 2.28. The highest BCUT2D eigenvalue weighted by molar-refractivity contribution is 5.32. The van der Waals surface area contributed by atoms with E-state index in [-0.39, 0.29) is 0 Å². The number of aliphatic hydroxyl groups excluding tert-OH is 1. The lowest BCUT2D eigenvalue weighted by Gasteiger charge is -2.33. The van der Waals surface area contributed by atoms with Gasteiger partial charge in [-0.25, -0.2) is 0 Å². The zero-order valence-electron chi connectivity index (χ0n) is 11.8. The first-order chi connectivity index (χ1) is 9.11. The molecule has 2 saturated heterocycles. The van der Waals surface area contributed by atoms with Crippen molar-refractivity contribution in [1.29, 1.82) is 0 Å². The number of benzene rings is 1. The number of ether oxygens (including phenoxy) is 1. The van der Waals surface area contributed by atoms with Crippen LogP contribution in [0.1, 0.15) is 35.6 Å². The molecule has 0 aromatic heterocycles. The average molecular weight is 261 g/mol. The van der Waals surface area contributed by atoms with Crippen LogP contribution in [-0.2, 0) is 4.74 Å². The summed E-state index contributed by atoms with van der Waals surface area (Å²) >= 11 is 0. The van der Waals surface area contributed by atoms with Crippen LogP contribution in [0, 0.1) is 13.8 Å². The maximum absolute atomic E-state index is 10.5. The summed E-state index contributed by atoms with van der Waals surface area (Å²) in [6.45, 7) is 6.81. The molecule has 0 aliphatic carbocycles. The van der Waals surface area contributed by atoms with Crippen LogP contribution < -0.4 is 0 Å². The fraction of sp³-hybridized carbons (Fsp3) is 0.625. The summed E-state index contributed by atoms with van der Waals surface area (Å²) in [5, 5.41) is 10.5. The molecule has 3 heteroatoms. The van der Waals surface area contributed by atoms with E-state index < -0.39 is 6.10 Å². The molecule has 2 aliphatic rings. The van der Waals surface area contributed by atoms with E-state index >= 15 is 0 Å². The van der Waals surface area contributed by atoms with E-state index in [9.17, 15) is 5.11 Å². The number of likely N-dealkylation sites (tertiary alicyclic amines) is 1. The second-order valence-corrected chi connectivity index (χ2v) is 6.05. The van der Waals surface area contributed by atoms with E-state index in [0.29, 0.717) is 12.2 Å². The average Bonchev–Trinajstić information content (AvgIpc) is 2.71. The first kappa shape index (κ1) is 13.1. The molecule has 0 saturated carbocycles. The first-order valence-corrected chi connectivity index (χ1v) is 7.25. The third-order valence-corrected chi connectivity index (χ3v) is 4.34. The van der Waals surface area contributed by atoms with Crippen LogP contribution in [0.4, 0.5) is 0 Å². The number of fused-ring (bicyclic) bond motifs is 2. The summed E-state index contributed by atoms with van der Waals surface area (Å²) in [5.41, 5.74) is 3.45. The van der Waals surface area contributed by atoms with Gasteiger partial charge in [-0.2, -0.15) is 0 Å². The summed E-state index contributed by atoms with van der Waals surface area (Å²) in [5.74, 6) is 0. The second kappa shape index (κ2) is 5.23. The predicted molar refractivity (Wildman–Crippen MR) is 75.2 cm³/mol. The Kier molecular flexibility index (Phi) is 3.61. The Morgan fingerprint density at radius 3 is 2.63 bits per heavy atom. The molecule has 3 nitrogen and oxygen atoms in total. The van der Waals surface area contributed by atoms with Crippen molar-refractivity contribution in [2.24, 2.45) is 0 Å². The number of nitrogens with zero attached hydrogens (tertiary/aromatic N) is 1. The van der Waals surface area contributed by atoms with Gasteiger partial charge in [-0.15, -0.1) is 0 Å². The van der Waals surface area contributed by atoms with E-state index in [1.807, 2.05) is 0 Å². The lowest BCUT2D eigenvalue weighted by Crippen LogP contribution is -2.44. The van der Waals surface area contributed by atoms with Crippen LogP contribution in [0.2, 0.25) is 0 Å². The molecule has 3 atom stereocenters. The van der Waals surface area contributed by atoms with Gasteiger partial charge >= 0.3 is 0 Å². The van der Waals surface area contributed by atoms with Gasteiger partial charge in [0.1, 0.15) is 0 Å². The number of rotatable bonds is 3. The number of hydrogen-bond donors (Lipinski definition) is 1. The number of aliphatic hydroxyl groups is 1. The summed E-state index contributed by atoms with van der Waals surface area (Å²) in [6.07, 6.45) is 2.76. The quantitative estimate of drug-likeness (QED) is 0.905. The molecule has 0 amide bonds. The minimum atomic E-state index is -0.391. The Labute approximate surface area is 115 Å². The molecule has 1 N–H and O–H groups in total. The fourth-order valence-electron chi connectivity index (χ4n) is 3.31. The van der Waals surface area contributed by atoms with E-state index in [4.69, 9.17) is 4.74 Å². The zero-order chi connectivity index (χ0) is 13.4. The largest absolute Gasteiger partial charge is 0.387 e. The van der Waals surface area contributed by atoms with Crippen molar-refractivity contribution in [2.45, 2.75) is 45.0 Å². The number of hydrogen-bond acceptors (Lipinski definition) is 3. The van der Waals surface area contributed by atoms with Crippen molar-refractivity contribution in [1.82, 2.24) is 4.90 Å². The molecule has 2 aliphatic heterocycles. The second-order valence-electron chi connectivity index (χ2n) is 6.05. The van der Waals surface area contributed by atoms with Gasteiger partial charge < -0.3 is 9.84 Å². The van der Waals surface area contributed by atoms with Gasteiger partial charge in [0.15, 0.2) is 0 Å². The van der Waals surface area contributed by atoms with Gasteiger partial charge in [-0.1, -0.05) is 23.8 Å². The molecule has 2 fully saturated rings. The van der Waals surface area contributed by atoms with E-state index in [2.05, 4.69) is 36.9 Å². The topological polar surface area (TPSA) is 32.7 Å². The molecule has 1 aromatic rings. The number of aryl methyl sites for hydroxylation is 2. The normalized spacial score (nSPS) is 28.6. The van der Waals surface area contributed by atoms with Crippen LogP contribution >= 0.6 is 0 Å². The number of β-amino-alcohol motifs (C(OH)–C–C–N with tert-alkyl or cyclic N) is 1. The Bertz CT molecular complexity index is 448. The molecule has 1 aromatic carbocycles. The maximum atomic E-state index is 10.5. The van der Waals surface area contributed by atoms with E-state index in [0.717, 1.165) is 25.2 Å². The molecule has 2 heterocycles. The SMILES string of the molecule is Cc1ccc(C)c(C(O)CN2CC3CCC(C2)O3)c1. The van der Waals surface area contributed by atoms with Crippen molar-refractivity contribution in [3.63, 3.8) is 0 Å². The van der Waals surface area contributed by atoms with Gasteiger partial charge in [-0.05, 0) is 37.8 Å². The monoisotopic (exact) mass is 261 g/mol. The molecule has 3 rings (SSSR count). The van der Waals surface area contributed by atoms with Gasteiger partial charge in [0, 0.05) is 19.6 Å². The predicted octanol–water partition coefficient (Wildman–Crippen LogP) is 2.20. The standard InChI is InChI=1S/C16H23NO2/c1-11-3-4-12(2)15(7-11)16(18)10-17-8-13-5-6-14(9-17)19-13/h3-4,7,13-14,16,18H,5-6,8-10H2,1-2H3. The van der Waals surface area contributed by atoms with E-state index in [1.54, 1.807) is 0 Å². The summed E-state index contributed by atoms with van der Waals surface area (Å²) in [6, 6.07) is 6.30. The Morgan fingerprint density at radius 2 is 1.95 bits per heavy atom. The van der Waals surface area contributed by atoms with Crippen molar-refractivity contribution in [3.8, 4) is 0 Å². The van der Waals surface area contributed by atoms with E-state index in [1.165, 1.54) is 24.0 Å². The van der Waals surface area contributed by atoms with Crippen LogP contribution in [0.25, 0.3) is 0 Å². The van der Waals surface area contributed by atoms with Gasteiger partial charge in [0.05, 0.1) is 18.3 Å². The minimum absolute atomic E-state index is 0.391. The van der Waals surface area contributed by atoms with Crippen LogP contribution in [0.15, 0.2) is 18.2 Å². The van der Waals surface area contributed by atoms with Crippen LogP contribution in [-0.4, -0.2) is 41.8 Å². The third kappa shape index (κ3) is 2.83. The lowest BCUT2D eigenvalue weighted by molar-refractivity contribution is -0.0497. The summed E-state index contributed by atoms with van der Waals surface area (Å²) < 4.78 is 5.83. The molecule has 0 spiro atoms. The molecular weight excluding hydrogens is 238 g/mol. The molecular formula is C16H23NO2. The Morgan fingerprint density at radius 1 is 1.26 bits per heavy atom. The van der Waals surface area contributed by atoms with Gasteiger partial charge in [0.25, 0.3) is 0 Å². The molecule has 3 unspecified atom stereocenters. The molecule has 0 radical (unpaired) electrons. The lowest BCUT2D eigenvalue weighted by atomic mass is 10.0.